The van der Waals surface area contributed by atoms with Crippen LogP contribution >= 0.6 is 0 Å². The van der Waals surface area contributed by atoms with E-state index in [-0.39, 0.29) is 0 Å². The van der Waals surface area contributed by atoms with Gasteiger partial charge in [-0.2, -0.15) is 0 Å². The van der Waals surface area contributed by atoms with Crippen LogP contribution in [0.15, 0.2) is 0 Å². The van der Waals surface area contributed by atoms with Crippen molar-refractivity contribution in [3.05, 3.63) is 0 Å². The van der Waals surface area contributed by atoms with Crippen molar-refractivity contribution in [2.75, 3.05) is 0 Å². The summed E-state index contributed by atoms with van der Waals surface area (Å²) in [5, 5.41) is 0. The second kappa shape index (κ2) is 2.81. The average Bonchev–Trinajstić information content (AvgIpc) is 1.94. The van der Waals surface area contributed by atoms with E-state index in [1.165, 1.54) is 6.42 Å². The minimum atomic E-state index is 0.728. The minimum Gasteiger partial charge on any atom is -0.0625 e. The maximum atomic E-state index is 2.57. The van der Waals surface area contributed by atoms with E-state index in [0.717, 1.165) is 34.5 Å². The van der Waals surface area contributed by atoms with Crippen molar-refractivity contribution < 1.29 is 0 Å². The van der Waals surface area contributed by atoms with Crippen LogP contribution in [0.25, 0.3) is 0 Å². The van der Waals surface area contributed by atoms with Gasteiger partial charge < -0.3 is 0 Å². The lowest BCUT2D eigenvalue weighted by Crippen LogP contribution is -2.55. The molecule has 0 saturated heterocycles. The first-order valence-electron chi connectivity index (χ1n) is 6.91. The third-order valence-electron chi connectivity index (χ3n) is 5.73. The summed E-state index contributed by atoms with van der Waals surface area (Å²) in [7, 11) is 0. The van der Waals surface area contributed by atoms with Crippen molar-refractivity contribution in [1.82, 2.24) is 0 Å². The summed E-state index contributed by atoms with van der Waals surface area (Å²) in [6, 6.07) is 0. The molecular formula is C15H26. The number of rotatable bonds is 1. The van der Waals surface area contributed by atoms with E-state index in [9.17, 15) is 0 Å². The molecule has 0 heterocycles. The van der Waals surface area contributed by atoms with Gasteiger partial charge in [0.25, 0.3) is 0 Å². The van der Waals surface area contributed by atoms with Crippen LogP contribution in [0.4, 0.5) is 0 Å². The smallest absolute Gasteiger partial charge is 0.0315 e. The van der Waals surface area contributed by atoms with Crippen LogP contribution in [0, 0.1) is 34.5 Å². The molecule has 0 aliphatic heterocycles. The van der Waals surface area contributed by atoms with Gasteiger partial charge in [-0.1, -0.05) is 27.7 Å². The lowest BCUT2D eigenvalue weighted by molar-refractivity contribution is -0.141. The van der Waals surface area contributed by atoms with Crippen LogP contribution < -0.4 is 0 Å². The molecule has 0 atom stereocenters. The molecule has 86 valence electrons. The van der Waals surface area contributed by atoms with Crippen LogP contribution in [0.5, 0.6) is 0 Å². The van der Waals surface area contributed by atoms with Gasteiger partial charge in [-0.15, -0.1) is 0 Å². The van der Waals surface area contributed by atoms with E-state index >= 15 is 0 Å². The molecule has 4 aliphatic rings. The Kier molecular flexibility index (Phi) is 1.91. The van der Waals surface area contributed by atoms with Gasteiger partial charge in [-0.3, -0.25) is 0 Å². The first kappa shape index (κ1) is 10.2. The molecule has 4 aliphatic carbocycles. The monoisotopic (exact) mass is 206 g/mol. The number of hydrogen-bond acceptors (Lipinski definition) is 0. The summed E-state index contributed by atoms with van der Waals surface area (Å²) in [6.07, 6.45) is 7.70. The second-order valence-corrected chi connectivity index (χ2v) is 7.96. The molecule has 0 heteroatoms. The minimum absolute atomic E-state index is 0.728. The van der Waals surface area contributed by atoms with E-state index in [0.29, 0.717) is 0 Å². The zero-order valence-electron chi connectivity index (χ0n) is 10.8. The quantitative estimate of drug-likeness (QED) is 0.593. The zero-order chi connectivity index (χ0) is 10.8. The van der Waals surface area contributed by atoms with Gasteiger partial charge in [0, 0.05) is 0 Å². The molecule has 0 aromatic heterocycles. The molecule has 4 fully saturated rings. The fourth-order valence-corrected chi connectivity index (χ4v) is 6.18. The first-order valence-corrected chi connectivity index (χ1v) is 6.91. The Bertz CT molecular complexity index is 240. The summed E-state index contributed by atoms with van der Waals surface area (Å²) in [5.41, 5.74) is 1.46. The summed E-state index contributed by atoms with van der Waals surface area (Å²) < 4.78 is 0. The Labute approximate surface area is 94.8 Å². The molecule has 0 spiro atoms. The van der Waals surface area contributed by atoms with Gasteiger partial charge in [-0.05, 0) is 66.6 Å². The van der Waals surface area contributed by atoms with Gasteiger partial charge in [0.2, 0.25) is 0 Å². The highest BCUT2D eigenvalue weighted by Gasteiger charge is 2.57. The third kappa shape index (κ3) is 1.40. The SMILES string of the molecule is CC(C)C1C2CC3(C)CC1CC(C)(C2)C3. The van der Waals surface area contributed by atoms with Crippen molar-refractivity contribution in [2.24, 2.45) is 34.5 Å². The maximum Gasteiger partial charge on any atom is -0.0315 e. The van der Waals surface area contributed by atoms with Crippen LogP contribution in [-0.4, -0.2) is 0 Å². The lowest BCUT2D eigenvalue weighted by atomic mass is 9.41. The second-order valence-electron chi connectivity index (χ2n) is 7.96. The van der Waals surface area contributed by atoms with Crippen molar-refractivity contribution in [1.29, 1.82) is 0 Å². The zero-order valence-corrected chi connectivity index (χ0v) is 10.8. The molecule has 0 unspecified atom stereocenters. The highest BCUT2D eigenvalue weighted by molar-refractivity contribution is 5.07. The average molecular weight is 206 g/mol. The summed E-state index contributed by atoms with van der Waals surface area (Å²) in [6.45, 7) is 10.1. The largest absolute Gasteiger partial charge is 0.0625 e. The van der Waals surface area contributed by atoms with E-state index in [1.807, 2.05) is 0 Å². The third-order valence-corrected chi connectivity index (χ3v) is 5.73. The van der Waals surface area contributed by atoms with Crippen LogP contribution in [0.3, 0.4) is 0 Å². The Hall–Kier alpha value is 0. The highest BCUT2D eigenvalue weighted by atomic mass is 14.6. The van der Waals surface area contributed by atoms with Gasteiger partial charge in [0.15, 0.2) is 0 Å². The van der Waals surface area contributed by atoms with Gasteiger partial charge >= 0.3 is 0 Å². The van der Waals surface area contributed by atoms with Crippen molar-refractivity contribution in [3.8, 4) is 0 Å². The van der Waals surface area contributed by atoms with E-state index < -0.39 is 0 Å². The molecule has 4 rings (SSSR count). The molecule has 0 aromatic carbocycles. The first-order chi connectivity index (χ1) is 6.91. The molecule has 0 aromatic rings. The van der Waals surface area contributed by atoms with Crippen LogP contribution in [-0.2, 0) is 0 Å². The molecular weight excluding hydrogens is 180 g/mol. The van der Waals surface area contributed by atoms with Gasteiger partial charge in [0.05, 0.1) is 0 Å². The summed E-state index contributed by atoms with van der Waals surface area (Å²) in [4.78, 5) is 0. The maximum absolute atomic E-state index is 2.57. The Morgan fingerprint density at radius 1 is 0.867 bits per heavy atom. The topological polar surface area (TPSA) is 0 Å². The fourth-order valence-electron chi connectivity index (χ4n) is 6.18. The van der Waals surface area contributed by atoms with Crippen molar-refractivity contribution >= 4 is 0 Å². The van der Waals surface area contributed by atoms with Crippen LogP contribution in [0.2, 0.25) is 0 Å². The Balaban J connectivity index is 1.94. The predicted molar refractivity (Wildman–Crippen MR) is 64.6 cm³/mol. The fraction of sp³-hybridized carbons (Fsp3) is 1.00. The Morgan fingerprint density at radius 2 is 1.27 bits per heavy atom. The molecule has 0 amide bonds. The van der Waals surface area contributed by atoms with E-state index in [2.05, 4.69) is 27.7 Å². The molecule has 4 bridgehead atoms. The normalized spacial score (nSPS) is 57.8. The Morgan fingerprint density at radius 3 is 1.60 bits per heavy atom. The highest BCUT2D eigenvalue weighted by Crippen LogP contribution is 2.67. The molecule has 0 radical (unpaired) electrons. The van der Waals surface area contributed by atoms with Crippen molar-refractivity contribution in [2.45, 2.75) is 59.8 Å². The van der Waals surface area contributed by atoms with E-state index in [1.54, 1.807) is 25.7 Å². The molecule has 0 nitrogen and oxygen atoms in total. The standard InChI is InChI=1S/C15H26/c1-10(2)13-11-5-14(3)6-12(13)8-15(4,7-11)9-14/h10-13H,5-9H2,1-4H3. The van der Waals surface area contributed by atoms with Crippen molar-refractivity contribution in [3.63, 3.8) is 0 Å². The van der Waals surface area contributed by atoms with E-state index in [4.69, 9.17) is 0 Å². The molecule has 0 N–H and O–H groups in total. The molecule has 4 saturated carbocycles. The van der Waals surface area contributed by atoms with Gasteiger partial charge in [0.1, 0.15) is 0 Å². The molecule has 15 heavy (non-hydrogen) atoms. The lowest BCUT2D eigenvalue weighted by Gasteiger charge is -2.64. The number of hydrogen-bond donors (Lipinski definition) is 0. The van der Waals surface area contributed by atoms with Crippen LogP contribution in [0.1, 0.15) is 59.8 Å². The van der Waals surface area contributed by atoms with Gasteiger partial charge in [-0.25, -0.2) is 0 Å². The summed E-state index contributed by atoms with van der Waals surface area (Å²) in [5.74, 6) is 4.13. The predicted octanol–water partition coefficient (Wildman–Crippen LogP) is 4.49. The summed E-state index contributed by atoms with van der Waals surface area (Å²) >= 11 is 0.